The van der Waals surface area contributed by atoms with Gasteiger partial charge in [-0.15, -0.1) is 11.3 Å². The monoisotopic (exact) mass is 282 g/mol. The molecule has 0 aliphatic carbocycles. The molecule has 0 atom stereocenters. The molecule has 5 nitrogen and oxygen atoms in total. The highest BCUT2D eigenvalue weighted by atomic mass is 32.2. The maximum atomic E-state index is 11.5. The molecule has 3 N–H and O–H groups in total. The minimum atomic E-state index is -0.0239. The highest BCUT2D eigenvalue weighted by Crippen LogP contribution is 2.29. The third-order valence-electron chi connectivity index (χ3n) is 2.22. The summed E-state index contributed by atoms with van der Waals surface area (Å²) in [6.45, 7) is 3.00. The number of nitrogens with two attached hydrogens (primary N) is 1. The van der Waals surface area contributed by atoms with Crippen LogP contribution in [0.4, 0.5) is 0 Å². The number of thiophene rings is 1. The number of carbonyl (C=O) groups excluding carboxylic acids is 1. The van der Waals surface area contributed by atoms with Gasteiger partial charge in [-0.2, -0.15) is 0 Å². The molecule has 0 spiro atoms. The molecule has 1 amide bonds. The molecule has 0 unspecified atom stereocenters. The third kappa shape index (κ3) is 3.18. The van der Waals surface area contributed by atoms with Gasteiger partial charge in [0.25, 0.3) is 0 Å². The van der Waals surface area contributed by atoms with E-state index in [1.54, 1.807) is 17.7 Å². The van der Waals surface area contributed by atoms with Gasteiger partial charge in [-0.1, -0.05) is 11.8 Å². The summed E-state index contributed by atoms with van der Waals surface area (Å²) >= 11 is 3.06. The van der Waals surface area contributed by atoms with E-state index >= 15 is 0 Å². The number of rotatable bonds is 5. The van der Waals surface area contributed by atoms with Crippen LogP contribution in [0.2, 0.25) is 0 Å². The van der Waals surface area contributed by atoms with Crippen molar-refractivity contribution in [2.24, 2.45) is 5.73 Å². The first kappa shape index (κ1) is 13.3. The molecule has 0 aromatic carbocycles. The first-order chi connectivity index (χ1) is 8.70. The number of hydrogen-bond donors (Lipinski definition) is 2. The number of thioether (sulfide) groups is 1. The fraction of sp³-hybridized carbons (Fsp3) is 0.364. The summed E-state index contributed by atoms with van der Waals surface area (Å²) in [5, 5.41) is 4.61. The second-order valence-corrected chi connectivity index (χ2v) is 5.88. The topological polar surface area (TPSA) is 80.9 Å². The molecular formula is C11H14N4OS2. The Kier molecular flexibility index (Phi) is 4.51. The standard InChI is InChI=1S/C11H14N4OS2/c1-7-4-8-10(14-6-15-11(8)18-7)17-5-9(16)13-3-2-12/h4,6H,2-3,5,12H2,1H3,(H,13,16). The molecule has 0 aliphatic rings. The quantitative estimate of drug-likeness (QED) is 0.635. The van der Waals surface area contributed by atoms with Crippen LogP contribution in [0.25, 0.3) is 10.2 Å². The summed E-state index contributed by atoms with van der Waals surface area (Å²) in [7, 11) is 0. The van der Waals surface area contributed by atoms with E-state index in [9.17, 15) is 4.79 Å². The van der Waals surface area contributed by atoms with E-state index in [0.717, 1.165) is 15.2 Å². The smallest absolute Gasteiger partial charge is 0.230 e. The molecular weight excluding hydrogens is 268 g/mol. The zero-order chi connectivity index (χ0) is 13.0. The van der Waals surface area contributed by atoms with Crippen molar-refractivity contribution in [3.8, 4) is 0 Å². The third-order valence-corrected chi connectivity index (χ3v) is 4.19. The van der Waals surface area contributed by atoms with Crippen molar-refractivity contribution in [2.75, 3.05) is 18.8 Å². The van der Waals surface area contributed by atoms with Crippen LogP contribution in [0.1, 0.15) is 4.88 Å². The molecule has 0 radical (unpaired) electrons. The Morgan fingerprint density at radius 1 is 1.56 bits per heavy atom. The molecule has 2 aromatic rings. The van der Waals surface area contributed by atoms with E-state index < -0.39 is 0 Å². The number of amides is 1. The minimum absolute atomic E-state index is 0.0239. The SMILES string of the molecule is Cc1cc2c(SCC(=O)NCCN)ncnc2s1. The Bertz CT molecular complexity index is 555. The average Bonchev–Trinajstić information content (AvgIpc) is 2.74. The van der Waals surface area contributed by atoms with Gasteiger partial charge in [-0.3, -0.25) is 4.79 Å². The van der Waals surface area contributed by atoms with Crippen LogP contribution in [-0.4, -0.2) is 34.7 Å². The molecule has 18 heavy (non-hydrogen) atoms. The van der Waals surface area contributed by atoms with E-state index in [0.29, 0.717) is 18.8 Å². The Labute approximate surface area is 113 Å². The number of carbonyl (C=O) groups is 1. The van der Waals surface area contributed by atoms with Gasteiger partial charge in [-0.05, 0) is 13.0 Å². The number of aromatic nitrogens is 2. The lowest BCUT2D eigenvalue weighted by atomic mass is 10.4. The Balaban J connectivity index is 2.05. The molecule has 96 valence electrons. The van der Waals surface area contributed by atoms with Gasteiger partial charge in [0.2, 0.25) is 5.91 Å². The zero-order valence-electron chi connectivity index (χ0n) is 9.97. The molecule has 0 fully saturated rings. The molecule has 0 bridgehead atoms. The van der Waals surface area contributed by atoms with E-state index in [-0.39, 0.29) is 5.91 Å². The predicted molar refractivity (Wildman–Crippen MR) is 74.9 cm³/mol. The molecule has 0 saturated heterocycles. The molecule has 0 aliphatic heterocycles. The maximum absolute atomic E-state index is 11.5. The molecule has 7 heteroatoms. The molecule has 2 aromatic heterocycles. The number of nitrogens with zero attached hydrogens (tertiary/aromatic N) is 2. The summed E-state index contributed by atoms with van der Waals surface area (Å²) in [6, 6.07) is 2.06. The van der Waals surface area contributed by atoms with Gasteiger partial charge < -0.3 is 11.1 Å². The predicted octanol–water partition coefficient (Wildman–Crippen LogP) is 1.17. The lowest BCUT2D eigenvalue weighted by Crippen LogP contribution is -2.30. The number of nitrogens with one attached hydrogen (secondary N) is 1. The summed E-state index contributed by atoms with van der Waals surface area (Å²) in [5.74, 6) is 0.324. The largest absolute Gasteiger partial charge is 0.354 e. The van der Waals surface area contributed by atoms with Crippen LogP contribution in [0.15, 0.2) is 17.4 Å². The van der Waals surface area contributed by atoms with Crippen LogP contribution in [0.5, 0.6) is 0 Å². The van der Waals surface area contributed by atoms with Crippen molar-refractivity contribution in [3.63, 3.8) is 0 Å². The van der Waals surface area contributed by atoms with Crippen LogP contribution < -0.4 is 11.1 Å². The van der Waals surface area contributed by atoms with Crippen LogP contribution in [0.3, 0.4) is 0 Å². The maximum Gasteiger partial charge on any atom is 0.230 e. The van der Waals surface area contributed by atoms with E-state index in [1.165, 1.54) is 16.6 Å². The normalized spacial score (nSPS) is 10.8. The average molecular weight is 282 g/mol. The Morgan fingerprint density at radius 3 is 3.17 bits per heavy atom. The van der Waals surface area contributed by atoms with Crippen molar-refractivity contribution in [3.05, 3.63) is 17.3 Å². The fourth-order valence-electron chi connectivity index (χ4n) is 1.47. The van der Waals surface area contributed by atoms with E-state index in [2.05, 4.69) is 21.4 Å². The minimum Gasteiger partial charge on any atom is -0.354 e. The van der Waals surface area contributed by atoms with Crippen LogP contribution >= 0.6 is 23.1 Å². The highest BCUT2D eigenvalue weighted by Gasteiger charge is 2.09. The molecule has 2 heterocycles. The number of fused-ring (bicyclic) bond motifs is 1. The van der Waals surface area contributed by atoms with Crippen molar-refractivity contribution in [1.29, 1.82) is 0 Å². The van der Waals surface area contributed by atoms with E-state index in [4.69, 9.17) is 5.73 Å². The van der Waals surface area contributed by atoms with Crippen molar-refractivity contribution in [1.82, 2.24) is 15.3 Å². The second kappa shape index (κ2) is 6.12. The van der Waals surface area contributed by atoms with Gasteiger partial charge in [0.1, 0.15) is 16.2 Å². The summed E-state index contributed by atoms with van der Waals surface area (Å²) < 4.78 is 0. The summed E-state index contributed by atoms with van der Waals surface area (Å²) in [6.07, 6.45) is 1.54. The highest BCUT2D eigenvalue weighted by molar-refractivity contribution is 8.00. The van der Waals surface area contributed by atoms with Gasteiger partial charge in [0, 0.05) is 23.4 Å². The van der Waals surface area contributed by atoms with Crippen molar-refractivity contribution < 1.29 is 4.79 Å². The van der Waals surface area contributed by atoms with Crippen molar-refractivity contribution >= 4 is 39.2 Å². The number of aryl methyl sites for hydroxylation is 1. The lowest BCUT2D eigenvalue weighted by Gasteiger charge is -2.03. The van der Waals surface area contributed by atoms with Gasteiger partial charge in [0.15, 0.2) is 0 Å². The lowest BCUT2D eigenvalue weighted by molar-refractivity contribution is -0.118. The zero-order valence-corrected chi connectivity index (χ0v) is 11.6. The van der Waals surface area contributed by atoms with Gasteiger partial charge in [0.05, 0.1) is 5.75 Å². The Hall–Kier alpha value is -1.18. The first-order valence-corrected chi connectivity index (χ1v) is 7.31. The first-order valence-electron chi connectivity index (χ1n) is 5.51. The van der Waals surface area contributed by atoms with Crippen molar-refractivity contribution in [2.45, 2.75) is 11.9 Å². The molecule has 2 rings (SSSR count). The van der Waals surface area contributed by atoms with Crippen LogP contribution in [0, 0.1) is 6.92 Å². The Morgan fingerprint density at radius 2 is 2.39 bits per heavy atom. The van der Waals surface area contributed by atoms with Gasteiger partial charge >= 0.3 is 0 Å². The van der Waals surface area contributed by atoms with Gasteiger partial charge in [-0.25, -0.2) is 9.97 Å². The second-order valence-electron chi connectivity index (χ2n) is 3.68. The summed E-state index contributed by atoms with van der Waals surface area (Å²) in [4.78, 5) is 22.1. The number of hydrogen-bond acceptors (Lipinski definition) is 6. The summed E-state index contributed by atoms with van der Waals surface area (Å²) in [5.41, 5.74) is 5.32. The molecule has 0 saturated carbocycles. The van der Waals surface area contributed by atoms with Crippen LogP contribution in [-0.2, 0) is 4.79 Å². The fourth-order valence-corrected chi connectivity index (χ4v) is 3.18. The van der Waals surface area contributed by atoms with E-state index in [1.807, 2.05) is 6.92 Å².